The third kappa shape index (κ3) is 11.6. The number of allylic oxidation sites excluding steroid dienone is 5. The monoisotopic (exact) mass is 516 g/mol. The smallest absolute Gasteiger partial charge is 0.127 e. The van der Waals surface area contributed by atoms with Crippen LogP contribution < -0.4 is 16.2 Å². The van der Waals surface area contributed by atoms with Gasteiger partial charge in [-0.3, -0.25) is 0 Å². The maximum atomic E-state index is 5.93. The highest BCUT2D eigenvalue weighted by molar-refractivity contribution is 5.45. The first-order valence-corrected chi connectivity index (χ1v) is 13.5. The van der Waals surface area contributed by atoms with Crippen molar-refractivity contribution < 1.29 is 9.47 Å². The molecule has 4 nitrogen and oxygen atoms in total. The first-order chi connectivity index (χ1) is 18.4. The first kappa shape index (κ1) is 34.3. The number of hydrogen-bond acceptors (Lipinski definition) is 4. The molecule has 0 amide bonds. The van der Waals surface area contributed by atoms with Gasteiger partial charge < -0.3 is 20.9 Å². The highest BCUT2D eigenvalue weighted by Gasteiger charge is 2.25. The van der Waals surface area contributed by atoms with Crippen LogP contribution in [0.1, 0.15) is 66.9 Å². The molecule has 2 aromatic carbocycles. The Morgan fingerprint density at radius 2 is 1.47 bits per heavy atom. The minimum Gasteiger partial charge on any atom is -0.490 e. The molecule has 0 radical (unpaired) electrons. The van der Waals surface area contributed by atoms with Gasteiger partial charge in [-0.1, -0.05) is 84.4 Å². The molecule has 0 aromatic heterocycles. The number of benzene rings is 2. The summed E-state index contributed by atoms with van der Waals surface area (Å²) in [5.41, 5.74) is 14.8. The van der Waals surface area contributed by atoms with Crippen LogP contribution in [0.5, 0.6) is 11.5 Å². The van der Waals surface area contributed by atoms with Gasteiger partial charge in [0.25, 0.3) is 0 Å². The molecule has 2 aromatic rings. The first-order valence-electron chi connectivity index (χ1n) is 13.5. The maximum absolute atomic E-state index is 5.93. The highest BCUT2D eigenvalue weighted by Crippen LogP contribution is 2.36. The molecule has 1 aliphatic carbocycles. The molecule has 4 N–H and O–H groups in total. The summed E-state index contributed by atoms with van der Waals surface area (Å²) in [4.78, 5) is 0. The van der Waals surface area contributed by atoms with Crippen molar-refractivity contribution in [3.05, 3.63) is 102 Å². The third-order valence-corrected chi connectivity index (χ3v) is 5.76. The van der Waals surface area contributed by atoms with Crippen LogP contribution >= 0.6 is 0 Å². The molecule has 0 bridgehead atoms. The molecule has 0 aliphatic heterocycles. The second-order valence-electron chi connectivity index (χ2n) is 8.50. The standard InChI is InChI=1S/C28H34N2O2.2C2H6.C2H2/c1-4-23(29)8-6-20-31-25-9-5-7-21(10-15-25)28(2,3)22-11-16-26(17-12-22)32-27-18-13-24(30)14-19-27;3*1-2/h5-6,8-19,23H,4,7,20,29-30H2,1-3H3;2*1-2H3;1-2H/b8-6-;;;/t23-;;;/m1.../s1. The quantitative estimate of drug-likeness (QED) is 0.199. The van der Waals surface area contributed by atoms with Crippen molar-refractivity contribution in [1.82, 2.24) is 0 Å². The molecule has 1 atom stereocenters. The number of hydrogen-bond donors (Lipinski definition) is 2. The predicted octanol–water partition coefficient (Wildman–Crippen LogP) is 8.72. The summed E-state index contributed by atoms with van der Waals surface area (Å²) in [7, 11) is 0. The molecule has 0 fully saturated rings. The molecule has 0 saturated carbocycles. The van der Waals surface area contributed by atoms with Gasteiger partial charge in [-0.15, -0.1) is 12.8 Å². The number of anilines is 1. The number of nitrogens with two attached hydrogens (primary N) is 2. The number of rotatable bonds is 9. The van der Waals surface area contributed by atoms with E-state index in [1.54, 1.807) is 0 Å². The summed E-state index contributed by atoms with van der Waals surface area (Å²) < 4.78 is 11.8. The topological polar surface area (TPSA) is 70.5 Å². The second-order valence-corrected chi connectivity index (χ2v) is 8.50. The van der Waals surface area contributed by atoms with Gasteiger partial charge in [0.15, 0.2) is 0 Å². The van der Waals surface area contributed by atoms with Gasteiger partial charge in [-0.2, -0.15) is 0 Å². The van der Waals surface area contributed by atoms with E-state index < -0.39 is 0 Å². The Labute approximate surface area is 232 Å². The molecule has 0 heterocycles. The SMILES string of the molecule is C#C.CC.CC.CC[C@@H](N)/C=C\COC1=CC=C(C(C)(C)c2ccc(Oc3ccc(N)cc3)cc2)CC=C1. The predicted molar refractivity (Wildman–Crippen MR) is 166 cm³/mol. The summed E-state index contributed by atoms with van der Waals surface area (Å²) in [6.07, 6.45) is 22.2. The Morgan fingerprint density at radius 3 is 2.03 bits per heavy atom. The average Bonchev–Trinajstić information content (AvgIpc) is 3.22. The Hall–Kier alpha value is -3.68. The molecule has 1 aliphatic rings. The number of ether oxygens (including phenoxy) is 2. The Morgan fingerprint density at radius 1 is 0.921 bits per heavy atom. The summed E-state index contributed by atoms with van der Waals surface area (Å²) in [5.74, 6) is 2.43. The molecular formula is C34H48N2O2. The van der Waals surface area contributed by atoms with E-state index >= 15 is 0 Å². The van der Waals surface area contributed by atoms with E-state index in [2.05, 4.69) is 57.9 Å². The van der Waals surface area contributed by atoms with Gasteiger partial charge in [0, 0.05) is 17.1 Å². The minimum atomic E-state index is -0.121. The molecule has 0 spiro atoms. The van der Waals surface area contributed by atoms with Crippen molar-refractivity contribution in [3.63, 3.8) is 0 Å². The molecule has 0 saturated heterocycles. The van der Waals surface area contributed by atoms with Crippen LogP contribution in [0, 0.1) is 12.8 Å². The molecular weight excluding hydrogens is 468 g/mol. The van der Waals surface area contributed by atoms with Crippen molar-refractivity contribution in [2.45, 2.75) is 72.8 Å². The van der Waals surface area contributed by atoms with Crippen molar-refractivity contribution >= 4 is 5.69 Å². The Balaban J connectivity index is 0.00000213. The summed E-state index contributed by atoms with van der Waals surface area (Å²) in [6, 6.07) is 15.8. The molecule has 38 heavy (non-hydrogen) atoms. The van der Waals surface area contributed by atoms with E-state index in [-0.39, 0.29) is 11.5 Å². The van der Waals surface area contributed by atoms with Crippen LogP contribution in [0.3, 0.4) is 0 Å². The summed E-state index contributed by atoms with van der Waals surface area (Å²) in [6.45, 7) is 15.1. The zero-order valence-corrected chi connectivity index (χ0v) is 24.4. The Kier molecular flexibility index (Phi) is 17.6. The van der Waals surface area contributed by atoms with Gasteiger partial charge in [0.05, 0.1) is 0 Å². The van der Waals surface area contributed by atoms with Crippen LogP contribution in [-0.2, 0) is 10.2 Å². The van der Waals surface area contributed by atoms with E-state index in [9.17, 15) is 0 Å². The van der Waals surface area contributed by atoms with E-state index in [1.165, 1.54) is 11.1 Å². The fraction of sp³-hybridized carbons (Fsp3) is 0.353. The lowest BCUT2D eigenvalue weighted by molar-refractivity contribution is 0.261. The zero-order chi connectivity index (χ0) is 29.0. The van der Waals surface area contributed by atoms with Crippen LogP contribution in [0.2, 0.25) is 0 Å². The molecule has 4 heteroatoms. The van der Waals surface area contributed by atoms with Crippen LogP contribution in [0.4, 0.5) is 5.69 Å². The van der Waals surface area contributed by atoms with Gasteiger partial charge in [-0.25, -0.2) is 0 Å². The Bertz CT molecular complexity index is 1040. The zero-order valence-electron chi connectivity index (χ0n) is 24.4. The maximum Gasteiger partial charge on any atom is 0.127 e. The molecule has 0 unspecified atom stereocenters. The fourth-order valence-corrected chi connectivity index (χ4v) is 3.48. The lowest BCUT2D eigenvalue weighted by Gasteiger charge is -2.28. The van der Waals surface area contributed by atoms with E-state index in [0.717, 1.165) is 35.8 Å². The molecule has 3 rings (SSSR count). The van der Waals surface area contributed by atoms with E-state index in [4.69, 9.17) is 20.9 Å². The minimum absolute atomic E-state index is 0.0906. The van der Waals surface area contributed by atoms with E-state index in [1.807, 2.05) is 88.4 Å². The number of nitrogen functional groups attached to an aromatic ring is 1. The van der Waals surface area contributed by atoms with Crippen molar-refractivity contribution in [3.8, 4) is 24.3 Å². The number of terminal acetylenes is 1. The molecule has 206 valence electrons. The summed E-state index contributed by atoms with van der Waals surface area (Å²) in [5, 5.41) is 0. The van der Waals surface area contributed by atoms with Gasteiger partial charge in [0.1, 0.15) is 23.9 Å². The normalized spacial score (nSPS) is 13.1. The third-order valence-electron chi connectivity index (χ3n) is 5.76. The lowest BCUT2D eigenvalue weighted by Crippen LogP contribution is -2.20. The van der Waals surface area contributed by atoms with Gasteiger partial charge >= 0.3 is 0 Å². The van der Waals surface area contributed by atoms with Crippen molar-refractivity contribution in [2.24, 2.45) is 5.73 Å². The van der Waals surface area contributed by atoms with Gasteiger partial charge in [0.2, 0.25) is 0 Å². The average molecular weight is 517 g/mol. The van der Waals surface area contributed by atoms with Gasteiger partial charge in [-0.05, 0) is 73.0 Å². The fourth-order valence-electron chi connectivity index (χ4n) is 3.48. The summed E-state index contributed by atoms with van der Waals surface area (Å²) >= 11 is 0. The van der Waals surface area contributed by atoms with Crippen molar-refractivity contribution in [1.29, 1.82) is 0 Å². The largest absolute Gasteiger partial charge is 0.490 e. The van der Waals surface area contributed by atoms with E-state index in [0.29, 0.717) is 6.61 Å². The van der Waals surface area contributed by atoms with Crippen molar-refractivity contribution in [2.75, 3.05) is 12.3 Å². The lowest BCUT2D eigenvalue weighted by atomic mass is 9.76. The van der Waals surface area contributed by atoms with Crippen LogP contribution in [0.25, 0.3) is 0 Å². The van der Waals surface area contributed by atoms with Crippen LogP contribution in [0.15, 0.2) is 96.3 Å². The van der Waals surface area contributed by atoms with Crippen LogP contribution in [-0.4, -0.2) is 12.6 Å². The second kappa shape index (κ2) is 19.4. The highest BCUT2D eigenvalue weighted by atomic mass is 16.5.